The summed E-state index contributed by atoms with van der Waals surface area (Å²) in [4.78, 5) is 4.34. The van der Waals surface area contributed by atoms with Gasteiger partial charge >= 0.3 is 0 Å². The molecule has 0 saturated carbocycles. The Morgan fingerprint density at radius 3 is 1.95 bits per heavy atom. The normalized spacial score (nSPS) is 11.1. The highest BCUT2D eigenvalue weighted by molar-refractivity contribution is 14.1. The molecule has 0 aliphatic carbocycles. The smallest absolute Gasteiger partial charge is 0.102 e. The lowest BCUT2D eigenvalue weighted by atomic mass is 10.1. The minimum Gasteiger partial charge on any atom is -0.326 e. The van der Waals surface area contributed by atoms with Crippen LogP contribution in [0.25, 0.3) is 0 Å². The predicted octanol–water partition coefficient (Wildman–Crippen LogP) is 5.72. The van der Waals surface area contributed by atoms with E-state index in [9.17, 15) is 0 Å². The number of aryl methyl sites for hydroxylation is 2. The zero-order valence-corrected chi connectivity index (χ0v) is 14.8. The maximum absolute atomic E-state index is 4.34. The van der Waals surface area contributed by atoms with Crippen molar-refractivity contribution in [1.82, 2.24) is 9.55 Å². The van der Waals surface area contributed by atoms with Gasteiger partial charge in [-0.3, -0.25) is 0 Å². The van der Waals surface area contributed by atoms with Crippen LogP contribution in [0.15, 0.2) is 6.33 Å². The molecule has 0 atom stereocenters. The third-order valence-electron chi connectivity index (χ3n) is 3.69. The molecule has 1 aromatic heterocycles. The Morgan fingerprint density at radius 2 is 1.47 bits per heavy atom. The van der Waals surface area contributed by atoms with E-state index in [-0.39, 0.29) is 0 Å². The van der Waals surface area contributed by atoms with Crippen LogP contribution >= 0.6 is 22.6 Å². The van der Waals surface area contributed by atoms with Crippen LogP contribution in [0.5, 0.6) is 0 Å². The van der Waals surface area contributed by atoms with Gasteiger partial charge in [0.05, 0.1) is 12.0 Å². The molecule has 110 valence electrons. The van der Waals surface area contributed by atoms with Gasteiger partial charge in [0.2, 0.25) is 0 Å². The summed E-state index contributed by atoms with van der Waals surface area (Å²) in [5.74, 6) is 0. The quantitative estimate of drug-likeness (QED) is 0.357. The standard InChI is InChI=1S/C16H29IN2/c1-3-4-5-6-7-8-9-10-11-12-13-19-14-18-15(2)16(19)17/h14H,3-13H2,1-2H3. The molecule has 0 fully saturated rings. The van der Waals surface area contributed by atoms with Crippen molar-refractivity contribution in [3.8, 4) is 0 Å². The van der Waals surface area contributed by atoms with E-state index in [1.54, 1.807) is 0 Å². The highest BCUT2D eigenvalue weighted by atomic mass is 127. The Kier molecular flexibility index (Phi) is 9.57. The second-order valence-corrected chi connectivity index (χ2v) is 6.52. The van der Waals surface area contributed by atoms with Gasteiger partial charge < -0.3 is 4.57 Å². The number of imidazole rings is 1. The third-order valence-corrected chi connectivity index (χ3v) is 5.09. The summed E-state index contributed by atoms with van der Waals surface area (Å²) in [5.41, 5.74) is 1.16. The summed E-state index contributed by atoms with van der Waals surface area (Å²) in [6, 6.07) is 0. The fraction of sp³-hybridized carbons (Fsp3) is 0.812. The van der Waals surface area contributed by atoms with Crippen LogP contribution < -0.4 is 0 Å². The van der Waals surface area contributed by atoms with Crippen molar-refractivity contribution in [2.45, 2.75) is 84.6 Å². The lowest BCUT2D eigenvalue weighted by Gasteiger charge is -2.05. The Labute approximate surface area is 132 Å². The Bertz CT molecular complexity index is 333. The molecule has 0 aliphatic rings. The molecule has 0 radical (unpaired) electrons. The fourth-order valence-electron chi connectivity index (χ4n) is 2.39. The zero-order valence-electron chi connectivity index (χ0n) is 12.6. The number of nitrogens with zero attached hydrogens (tertiary/aromatic N) is 2. The van der Waals surface area contributed by atoms with E-state index >= 15 is 0 Å². The van der Waals surface area contributed by atoms with Crippen LogP contribution in [-0.4, -0.2) is 9.55 Å². The van der Waals surface area contributed by atoms with Crippen molar-refractivity contribution < 1.29 is 0 Å². The molecule has 0 aromatic carbocycles. The van der Waals surface area contributed by atoms with E-state index in [1.165, 1.54) is 67.9 Å². The van der Waals surface area contributed by atoms with Gasteiger partial charge in [0.1, 0.15) is 3.70 Å². The summed E-state index contributed by atoms with van der Waals surface area (Å²) >= 11 is 2.39. The molecular weight excluding hydrogens is 347 g/mol. The number of hydrogen-bond donors (Lipinski definition) is 0. The van der Waals surface area contributed by atoms with Gasteiger partial charge in [-0.05, 0) is 35.9 Å². The predicted molar refractivity (Wildman–Crippen MR) is 91.5 cm³/mol. The van der Waals surface area contributed by atoms with Gasteiger partial charge in [0.15, 0.2) is 0 Å². The van der Waals surface area contributed by atoms with E-state index in [0.29, 0.717) is 0 Å². The average molecular weight is 376 g/mol. The molecule has 0 saturated heterocycles. The number of rotatable bonds is 11. The largest absolute Gasteiger partial charge is 0.326 e. The van der Waals surface area contributed by atoms with Crippen LogP contribution in [0, 0.1) is 10.6 Å². The highest BCUT2D eigenvalue weighted by Crippen LogP contribution is 2.13. The van der Waals surface area contributed by atoms with E-state index in [1.807, 2.05) is 6.33 Å². The molecule has 19 heavy (non-hydrogen) atoms. The Hall–Kier alpha value is -0.0600. The van der Waals surface area contributed by atoms with E-state index in [4.69, 9.17) is 0 Å². The first-order valence-corrected chi connectivity index (χ1v) is 9.00. The van der Waals surface area contributed by atoms with Gasteiger partial charge in [0, 0.05) is 6.54 Å². The number of halogens is 1. The second-order valence-electron chi connectivity index (χ2n) is 5.50. The molecular formula is C16H29IN2. The summed E-state index contributed by atoms with van der Waals surface area (Å²) < 4.78 is 3.58. The van der Waals surface area contributed by atoms with Gasteiger partial charge in [-0.15, -0.1) is 0 Å². The van der Waals surface area contributed by atoms with Crippen LogP contribution in [0.2, 0.25) is 0 Å². The monoisotopic (exact) mass is 376 g/mol. The number of hydrogen-bond acceptors (Lipinski definition) is 1. The summed E-state index contributed by atoms with van der Waals surface area (Å²) in [6.45, 7) is 5.50. The van der Waals surface area contributed by atoms with Crippen LogP contribution in [0.4, 0.5) is 0 Å². The first-order valence-electron chi connectivity index (χ1n) is 7.93. The van der Waals surface area contributed by atoms with Crippen LogP contribution in [0.3, 0.4) is 0 Å². The first kappa shape index (κ1) is 17.0. The minimum atomic E-state index is 1.13. The molecule has 1 aromatic rings. The lowest BCUT2D eigenvalue weighted by Crippen LogP contribution is -1.99. The van der Waals surface area contributed by atoms with Crippen molar-refractivity contribution in [2.24, 2.45) is 0 Å². The van der Waals surface area contributed by atoms with Gasteiger partial charge in [-0.2, -0.15) is 0 Å². The number of aromatic nitrogens is 2. The molecule has 0 N–H and O–H groups in total. The van der Waals surface area contributed by atoms with E-state index < -0.39 is 0 Å². The number of unbranched alkanes of at least 4 members (excludes halogenated alkanes) is 9. The topological polar surface area (TPSA) is 17.8 Å². The van der Waals surface area contributed by atoms with Crippen LogP contribution in [0.1, 0.15) is 76.8 Å². The summed E-state index contributed by atoms with van der Waals surface area (Å²) in [7, 11) is 0. The average Bonchev–Trinajstić information content (AvgIpc) is 2.73. The van der Waals surface area contributed by atoms with Crippen molar-refractivity contribution in [3.05, 3.63) is 15.7 Å². The molecule has 1 heterocycles. The third kappa shape index (κ3) is 7.33. The SMILES string of the molecule is CCCCCCCCCCCCn1cnc(C)c1I. The summed E-state index contributed by atoms with van der Waals surface area (Å²) in [5, 5.41) is 0. The van der Waals surface area contributed by atoms with Gasteiger partial charge in [0.25, 0.3) is 0 Å². The molecule has 3 heteroatoms. The lowest BCUT2D eigenvalue weighted by molar-refractivity contribution is 0.532. The fourth-order valence-corrected chi connectivity index (χ4v) is 2.90. The molecule has 0 unspecified atom stereocenters. The second kappa shape index (κ2) is 10.7. The molecule has 0 aliphatic heterocycles. The molecule has 0 amide bonds. The Balaban J connectivity index is 1.90. The maximum Gasteiger partial charge on any atom is 0.102 e. The maximum atomic E-state index is 4.34. The minimum absolute atomic E-state index is 1.13. The van der Waals surface area contributed by atoms with Gasteiger partial charge in [-0.1, -0.05) is 64.7 Å². The molecule has 0 bridgehead atoms. The molecule has 0 spiro atoms. The van der Waals surface area contributed by atoms with E-state index in [2.05, 4.69) is 46.0 Å². The molecule has 1 rings (SSSR count). The van der Waals surface area contributed by atoms with Crippen molar-refractivity contribution in [3.63, 3.8) is 0 Å². The first-order chi connectivity index (χ1) is 9.25. The van der Waals surface area contributed by atoms with Crippen molar-refractivity contribution in [2.75, 3.05) is 0 Å². The highest BCUT2D eigenvalue weighted by Gasteiger charge is 2.02. The van der Waals surface area contributed by atoms with Crippen LogP contribution in [-0.2, 0) is 6.54 Å². The summed E-state index contributed by atoms with van der Waals surface area (Å²) in [6.07, 6.45) is 16.0. The van der Waals surface area contributed by atoms with Crippen molar-refractivity contribution in [1.29, 1.82) is 0 Å². The molecule has 2 nitrogen and oxygen atoms in total. The van der Waals surface area contributed by atoms with Crippen molar-refractivity contribution >= 4 is 22.6 Å². The zero-order chi connectivity index (χ0) is 13.9. The van der Waals surface area contributed by atoms with Gasteiger partial charge in [-0.25, -0.2) is 4.98 Å². The Morgan fingerprint density at radius 1 is 0.947 bits per heavy atom. The van der Waals surface area contributed by atoms with E-state index in [0.717, 1.165) is 12.2 Å².